The van der Waals surface area contributed by atoms with Gasteiger partial charge in [-0.15, -0.1) is 0 Å². The fourth-order valence-electron chi connectivity index (χ4n) is 0.821. The largest absolute Gasteiger partial charge is 0.323 e. The molecule has 0 spiro atoms. The summed E-state index contributed by atoms with van der Waals surface area (Å²) in [7, 11) is 0. The van der Waals surface area contributed by atoms with E-state index in [2.05, 4.69) is 11.9 Å². The van der Waals surface area contributed by atoms with Gasteiger partial charge in [-0.2, -0.15) is 5.26 Å². The van der Waals surface area contributed by atoms with Crippen LogP contribution in [0, 0.1) is 11.3 Å². The normalized spacial score (nSPS) is 7.80. The van der Waals surface area contributed by atoms with Gasteiger partial charge in [0.25, 0.3) is 0 Å². The van der Waals surface area contributed by atoms with Crippen LogP contribution >= 0.6 is 0 Å². The Morgan fingerprint density at radius 2 is 1.93 bits per heavy atom. The zero-order valence-electron chi connectivity index (χ0n) is 8.95. The Morgan fingerprint density at radius 1 is 1.40 bits per heavy atom. The van der Waals surface area contributed by atoms with Gasteiger partial charge in [0.2, 0.25) is 5.91 Å². The second-order valence-corrected chi connectivity index (χ2v) is 2.38. The lowest BCUT2D eigenvalue weighted by Crippen LogP contribution is -2.06. The molecule has 78 valence electrons. The lowest BCUT2D eigenvalue weighted by Gasteiger charge is -2.00. The molecule has 0 heterocycles. The summed E-state index contributed by atoms with van der Waals surface area (Å²) < 4.78 is 0. The van der Waals surface area contributed by atoms with E-state index in [-0.39, 0.29) is 5.91 Å². The first-order valence-electron chi connectivity index (χ1n) is 4.70. The number of nitriles is 1. The molecule has 0 bridgehead atoms. The average molecular weight is 202 g/mol. The molecule has 15 heavy (non-hydrogen) atoms. The van der Waals surface area contributed by atoms with Gasteiger partial charge in [0.05, 0.1) is 11.6 Å². The standard InChI is InChI=1S/C10H8N2O.C2H6/c1-2-10(13)12-9-5-3-8(7-11)4-6-9;1-2/h2-6H,1H2,(H,12,13);1-2H3. The number of amides is 1. The van der Waals surface area contributed by atoms with Crippen LogP contribution in [0.3, 0.4) is 0 Å². The molecule has 1 N–H and O–H groups in total. The predicted octanol–water partition coefficient (Wildman–Crippen LogP) is 2.71. The Morgan fingerprint density at radius 3 is 2.33 bits per heavy atom. The highest BCUT2D eigenvalue weighted by Gasteiger charge is 1.95. The first-order valence-corrected chi connectivity index (χ1v) is 4.70. The summed E-state index contributed by atoms with van der Waals surface area (Å²) in [6.07, 6.45) is 1.19. The number of nitrogens with one attached hydrogen (secondary N) is 1. The smallest absolute Gasteiger partial charge is 0.247 e. The van der Waals surface area contributed by atoms with Crippen LogP contribution < -0.4 is 5.32 Å². The summed E-state index contributed by atoms with van der Waals surface area (Å²) in [6, 6.07) is 8.60. The summed E-state index contributed by atoms with van der Waals surface area (Å²) in [5, 5.41) is 11.1. The SMILES string of the molecule is C=CC(=O)Nc1ccc(C#N)cc1.CC. The van der Waals surface area contributed by atoms with Crippen LogP contribution in [0.4, 0.5) is 5.69 Å². The minimum absolute atomic E-state index is 0.260. The molecule has 3 nitrogen and oxygen atoms in total. The number of hydrogen-bond donors (Lipinski definition) is 1. The summed E-state index contributed by atoms with van der Waals surface area (Å²) >= 11 is 0. The number of carbonyl (C=O) groups is 1. The highest BCUT2D eigenvalue weighted by atomic mass is 16.1. The molecule has 0 saturated carbocycles. The zero-order valence-corrected chi connectivity index (χ0v) is 8.95. The molecule has 0 radical (unpaired) electrons. The molecular formula is C12H14N2O. The number of rotatable bonds is 2. The van der Waals surface area contributed by atoms with Crippen molar-refractivity contribution in [1.82, 2.24) is 0 Å². The van der Waals surface area contributed by atoms with Crippen LogP contribution in [0.2, 0.25) is 0 Å². The van der Waals surface area contributed by atoms with E-state index in [1.54, 1.807) is 24.3 Å². The topological polar surface area (TPSA) is 52.9 Å². The number of nitrogens with zero attached hydrogens (tertiary/aromatic N) is 1. The third kappa shape index (κ3) is 4.63. The molecule has 0 fully saturated rings. The maximum absolute atomic E-state index is 10.8. The molecule has 0 aliphatic heterocycles. The Bertz CT molecular complexity index is 360. The van der Waals surface area contributed by atoms with Crippen LogP contribution in [-0.4, -0.2) is 5.91 Å². The Labute approximate surface area is 90.0 Å². The number of carbonyl (C=O) groups excluding carboxylic acids is 1. The van der Waals surface area contributed by atoms with Gasteiger partial charge in [0.1, 0.15) is 0 Å². The van der Waals surface area contributed by atoms with E-state index >= 15 is 0 Å². The minimum atomic E-state index is -0.260. The van der Waals surface area contributed by atoms with Crippen molar-refractivity contribution in [3.63, 3.8) is 0 Å². The van der Waals surface area contributed by atoms with Crippen molar-refractivity contribution in [3.8, 4) is 6.07 Å². The van der Waals surface area contributed by atoms with E-state index < -0.39 is 0 Å². The maximum atomic E-state index is 10.8. The molecule has 0 aromatic heterocycles. The van der Waals surface area contributed by atoms with E-state index in [0.29, 0.717) is 11.3 Å². The molecule has 1 aromatic rings. The molecule has 0 saturated heterocycles. The van der Waals surface area contributed by atoms with Crippen molar-refractivity contribution >= 4 is 11.6 Å². The Hall–Kier alpha value is -2.08. The van der Waals surface area contributed by atoms with E-state index in [1.807, 2.05) is 19.9 Å². The fourth-order valence-corrected chi connectivity index (χ4v) is 0.821. The summed E-state index contributed by atoms with van der Waals surface area (Å²) in [5.41, 5.74) is 1.22. The molecule has 1 amide bonds. The summed E-state index contributed by atoms with van der Waals surface area (Å²) in [6.45, 7) is 7.33. The molecule has 1 rings (SSSR count). The minimum Gasteiger partial charge on any atom is -0.323 e. The van der Waals surface area contributed by atoms with Gasteiger partial charge in [0.15, 0.2) is 0 Å². The first-order chi connectivity index (χ1) is 7.26. The summed E-state index contributed by atoms with van der Waals surface area (Å²) in [5.74, 6) is -0.260. The quantitative estimate of drug-likeness (QED) is 0.749. The molecule has 0 atom stereocenters. The monoisotopic (exact) mass is 202 g/mol. The molecule has 3 heteroatoms. The van der Waals surface area contributed by atoms with Crippen molar-refractivity contribution in [2.24, 2.45) is 0 Å². The van der Waals surface area contributed by atoms with Gasteiger partial charge < -0.3 is 5.32 Å². The van der Waals surface area contributed by atoms with Crippen molar-refractivity contribution < 1.29 is 4.79 Å². The third-order valence-electron chi connectivity index (χ3n) is 1.47. The van der Waals surface area contributed by atoms with Crippen LogP contribution in [0.5, 0.6) is 0 Å². The molecule has 0 aliphatic rings. The second kappa shape index (κ2) is 7.34. The number of anilines is 1. The lowest BCUT2D eigenvalue weighted by atomic mass is 10.2. The third-order valence-corrected chi connectivity index (χ3v) is 1.47. The van der Waals surface area contributed by atoms with Gasteiger partial charge in [-0.3, -0.25) is 4.79 Å². The molecule has 0 aliphatic carbocycles. The zero-order chi connectivity index (χ0) is 11.7. The van der Waals surface area contributed by atoms with Crippen LogP contribution in [0.25, 0.3) is 0 Å². The van der Waals surface area contributed by atoms with E-state index in [1.165, 1.54) is 6.08 Å². The van der Waals surface area contributed by atoms with Crippen molar-refractivity contribution in [2.45, 2.75) is 13.8 Å². The molecule has 1 aromatic carbocycles. The first kappa shape index (κ1) is 12.9. The van der Waals surface area contributed by atoms with Gasteiger partial charge in [-0.1, -0.05) is 20.4 Å². The number of benzene rings is 1. The van der Waals surface area contributed by atoms with E-state index in [0.717, 1.165) is 0 Å². The second-order valence-electron chi connectivity index (χ2n) is 2.38. The highest BCUT2D eigenvalue weighted by molar-refractivity contribution is 5.98. The van der Waals surface area contributed by atoms with Crippen molar-refractivity contribution in [1.29, 1.82) is 5.26 Å². The fraction of sp³-hybridized carbons (Fsp3) is 0.167. The van der Waals surface area contributed by atoms with Crippen molar-refractivity contribution in [3.05, 3.63) is 42.5 Å². The average Bonchev–Trinajstić information content (AvgIpc) is 2.32. The van der Waals surface area contributed by atoms with Gasteiger partial charge in [-0.05, 0) is 30.3 Å². The van der Waals surface area contributed by atoms with Crippen LogP contribution in [0.15, 0.2) is 36.9 Å². The highest BCUT2D eigenvalue weighted by Crippen LogP contribution is 2.08. The van der Waals surface area contributed by atoms with Crippen LogP contribution in [0.1, 0.15) is 19.4 Å². The number of hydrogen-bond acceptors (Lipinski definition) is 2. The van der Waals surface area contributed by atoms with Crippen LogP contribution in [-0.2, 0) is 4.79 Å². The van der Waals surface area contributed by atoms with E-state index in [9.17, 15) is 4.79 Å². The van der Waals surface area contributed by atoms with Gasteiger partial charge >= 0.3 is 0 Å². The Kier molecular flexibility index (Phi) is 6.32. The summed E-state index contributed by atoms with van der Waals surface area (Å²) in [4.78, 5) is 10.8. The maximum Gasteiger partial charge on any atom is 0.247 e. The molecular weight excluding hydrogens is 188 g/mol. The van der Waals surface area contributed by atoms with Gasteiger partial charge in [0, 0.05) is 5.69 Å². The molecule has 0 unspecified atom stereocenters. The predicted molar refractivity (Wildman–Crippen MR) is 61.3 cm³/mol. The van der Waals surface area contributed by atoms with Gasteiger partial charge in [-0.25, -0.2) is 0 Å². The Balaban J connectivity index is 0.000000921. The lowest BCUT2D eigenvalue weighted by molar-refractivity contribution is -0.111. The van der Waals surface area contributed by atoms with Crippen molar-refractivity contribution in [2.75, 3.05) is 5.32 Å². The van der Waals surface area contributed by atoms with E-state index in [4.69, 9.17) is 5.26 Å².